The van der Waals surface area contributed by atoms with Crippen LogP contribution in [0.4, 0.5) is 17.6 Å². The molecule has 162 valence electrons. The SMILES string of the molecule is O=C(NCc1ccc(F)cc1C(F)(F)F)C1CCN(S(=O)(=O)c2ccccc2)CC1. The summed E-state index contributed by atoms with van der Waals surface area (Å²) < 4.78 is 78.9. The Morgan fingerprint density at radius 3 is 2.30 bits per heavy atom. The molecule has 3 rings (SSSR count). The standard InChI is InChI=1S/C20H20F4N2O3S/c21-16-7-6-15(18(12-16)20(22,23)24)13-25-19(27)14-8-10-26(11-9-14)30(28,29)17-4-2-1-3-5-17/h1-7,12,14H,8-11,13H2,(H,25,27). The van der Waals surface area contributed by atoms with Gasteiger partial charge in [0.15, 0.2) is 0 Å². The lowest BCUT2D eigenvalue weighted by Crippen LogP contribution is -2.42. The van der Waals surface area contributed by atoms with Gasteiger partial charge in [0.05, 0.1) is 10.5 Å². The van der Waals surface area contributed by atoms with Crippen LogP contribution in [-0.4, -0.2) is 31.7 Å². The summed E-state index contributed by atoms with van der Waals surface area (Å²) >= 11 is 0. The van der Waals surface area contributed by atoms with Crippen molar-refractivity contribution >= 4 is 15.9 Å². The maximum absolute atomic E-state index is 13.2. The summed E-state index contributed by atoms with van der Waals surface area (Å²) in [4.78, 5) is 12.6. The number of benzene rings is 2. The molecule has 0 radical (unpaired) electrons. The van der Waals surface area contributed by atoms with Gasteiger partial charge in [-0.05, 0) is 42.7 Å². The molecule has 10 heteroatoms. The normalized spacial score (nSPS) is 16.4. The number of carbonyl (C=O) groups excluding carboxylic acids is 1. The molecule has 1 heterocycles. The van der Waals surface area contributed by atoms with E-state index in [0.717, 1.165) is 12.1 Å². The summed E-state index contributed by atoms with van der Waals surface area (Å²) in [6.45, 7) is -0.115. The third-order valence-electron chi connectivity index (χ3n) is 5.04. The summed E-state index contributed by atoms with van der Waals surface area (Å²) in [5, 5.41) is 2.46. The van der Waals surface area contributed by atoms with Gasteiger partial charge in [-0.3, -0.25) is 4.79 Å². The average Bonchev–Trinajstić information content (AvgIpc) is 2.72. The van der Waals surface area contributed by atoms with Crippen LogP contribution in [0, 0.1) is 11.7 Å². The van der Waals surface area contributed by atoms with Gasteiger partial charge >= 0.3 is 6.18 Å². The van der Waals surface area contributed by atoms with Crippen LogP contribution in [0.25, 0.3) is 0 Å². The molecule has 1 N–H and O–H groups in total. The van der Waals surface area contributed by atoms with Crippen molar-refractivity contribution in [2.24, 2.45) is 5.92 Å². The highest BCUT2D eigenvalue weighted by Crippen LogP contribution is 2.32. The van der Waals surface area contributed by atoms with E-state index in [1.807, 2.05) is 0 Å². The average molecular weight is 444 g/mol. The molecule has 0 aromatic heterocycles. The minimum atomic E-state index is -4.74. The number of halogens is 4. The summed E-state index contributed by atoms with van der Waals surface area (Å²) in [6.07, 6.45) is -4.22. The lowest BCUT2D eigenvalue weighted by molar-refractivity contribution is -0.138. The van der Waals surface area contributed by atoms with Gasteiger partial charge in [-0.15, -0.1) is 0 Å². The number of nitrogens with zero attached hydrogens (tertiary/aromatic N) is 1. The van der Waals surface area contributed by atoms with E-state index in [9.17, 15) is 30.8 Å². The van der Waals surface area contributed by atoms with Crippen molar-refractivity contribution in [1.29, 1.82) is 0 Å². The first-order valence-corrected chi connectivity index (χ1v) is 10.7. The Morgan fingerprint density at radius 2 is 1.70 bits per heavy atom. The van der Waals surface area contributed by atoms with Crippen LogP contribution in [0.5, 0.6) is 0 Å². The number of sulfonamides is 1. The van der Waals surface area contributed by atoms with Gasteiger partial charge in [0.1, 0.15) is 5.82 Å². The Hall–Kier alpha value is -2.46. The smallest absolute Gasteiger partial charge is 0.352 e. The molecule has 0 unspecified atom stereocenters. The maximum atomic E-state index is 13.2. The molecule has 30 heavy (non-hydrogen) atoms. The van der Waals surface area contributed by atoms with Crippen molar-refractivity contribution in [3.8, 4) is 0 Å². The van der Waals surface area contributed by atoms with Crippen LogP contribution in [0.1, 0.15) is 24.0 Å². The van der Waals surface area contributed by atoms with Crippen molar-refractivity contribution in [3.63, 3.8) is 0 Å². The number of amides is 1. The second kappa shape index (κ2) is 8.73. The van der Waals surface area contributed by atoms with E-state index in [1.165, 1.54) is 16.4 Å². The van der Waals surface area contributed by atoms with E-state index < -0.39 is 46.0 Å². The van der Waals surface area contributed by atoms with Gasteiger partial charge in [-0.2, -0.15) is 17.5 Å². The Morgan fingerprint density at radius 1 is 1.07 bits per heavy atom. The molecule has 0 aliphatic carbocycles. The Labute approximate surface area is 171 Å². The van der Waals surface area contributed by atoms with E-state index in [1.54, 1.807) is 18.2 Å². The molecule has 2 aromatic rings. The molecule has 1 aliphatic rings. The zero-order valence-electron chi connectivity index (χ0n) is 15.8. The van der Waals surface area contributed by atoms with Crippen molar-refractivity contribution in [2.45, 2.75) is 30.5 Å². The number of carbonyl (C=O) groups is 1. The van der Waals surface area contributed by atoms with E-state index >= 15 is 0 Å². The van der Waals surface area contributed by atoms with E-state index in [-0.39, 0.29) is 36.4 Å². The Bertz CT molecular complexity index is 1000. The van der Waals surface area contributed by atoms with E-state index in [0.29, 0.717) is 6.07 Å². The lowest BCUT2D eigenvalue weighted by atomic mass is 9.97. The lowest BCUT2D eigenvalue weighted by Gasteiger charge is -2.30. The highest BCUT2D eigenvalue weighted by Gasteiger charge is 2.35. The molecular weight excluding hydrogens is 424 g/mol. The monoisotopic (exact) mass is 444 g/mol. The fourth-order valence-electron chi connectivity index (χ4n) is 3.39. The first-order chi connectivity index (χ1) is 14.1. The highest BCUT2D eigenvalue weighted by atomic mass is 32.2. The van der Waals surface area contributed by atoms with Crippen molar-refractivity contribution < 1.29 is 30.8 Å². The predicted molar refractivity (Wildman–Crippen MR) is 101 cm³/mol. The number of rotatable bonds is 5. The topological polar surface area (TPSA) is 66.5 Å². The second-order valence-electron chi connectivity index (χ2n) is 7.01. The number of piperidine rings is 1. The minimum absolute atomic E-state index is 0.139. The van der Waals surface area contributed by atoms with Crippen LogP contribution in [-0.2, 0) is 27.5 Å². The minimum Gasteiger partial charge on any atom is -0.352 e. The largest absolute Gasteiger partial charge is 0.416 e. The molecule has 1 amide bonds. The number of nitrogens with one attached hydrogen (secondary N) is 1. The summed E-state index contributed by atoms with van der Waals surface area (Å²) in [7, 11) is -3.65. The number of alkyl halides is 3. The van der Waals surface area contributed by atoms with Crippen LogP contribution >= 0.6 is 0 Å². The molecular formula is C20H20F4N2O3S. The number of hydrogen-bond acceptors (Lipinski definition) is 3. The molecule has 0 atom stereocenters. The molecule has 1 fully saturated rings. The third-order valence-corrected chi connectivity index (χ3v) is 6.95. The van der Waals surface area contributed by atoms with Crippen molar-refractivity contribution in [1.82, 2.24) is 9.62 Å². The van der Waals surface area contributed by atoms with E-state index in [2.05, 4.69) is 5.32 Å². The maximum Gasteiger partial charge on any atom is 0.416 e. The fourth-order valence-corrected chi connectivity index (χ4v) is 4.88. The van der Waals surface area contributed by atoms with Crippen LogP contribution < -0.4 is 5.32 Å². The number of hydrogen-bond donors (Lipinski definition) is 1. The van der Waals surface area contributed by atoms with Crippen LogP contribution in [0.3, 0.4) is 0 Å². The summed E-state index contributed by atoms with van der Waals surface area (Å²) in [6, 6.07) is 10.2. The third kappa shape index (κ3) is 4.99. The quantitative estimate of drug-likeness (QED) is 0.718. The Kier molecular flexibility index (Phi) is 6.47. The van der Waals surface area contributed by atoms with Gasteiger partial charge in [-0.25, -0.2) is 12.8 Å². The fraction of sp³-hybridized carbons (Fsp3) is 0.350. The first kappa shape index (κ1) is 22.2. The summed E-state index contributed by atoms with van der Waals surface area (Å²) in [5.74, 6) is -1.98. The van der Waals surface area contributed by atoms with Gasteiger partial charge in [0, 0.05) is 25.6 Å². The molecule has 5 nitrogen and oxygen atoms in total. The second-order valence-corrected chi connectivity index (χ2v) is 8.95. The van der Waals surface area contributed by atoms with Crippen LogP contribution in [0.15, 0.2) is 53.4 Å². The highest BCUT2D eigenvalue weighted by molar-refractivity contribution is 7.89. The van der Waals surface area contributed by atoms with Gasteiger partial charge in [0.25, 0.3) is 0 Å². The Balaban J connectivity index is 1.59. The van der Waals surface area contributed by atoms with Gasteiger partial charge in [-0.1, -0.05) is 24.3 Å². The van der Waals surface area contributed by atoms with Crippen molar-refractivity contribution in [3.05, 3.63) is 65.5 Å². The molecule has 0 saturated carbocycles. The molecule has 1 aliphatic heterocycles. The molecule has 1 saturated heterocycles. The van der Waals surface area contributed by atoms with E-state index in [4.69, 9.17) is 0 Å². The summed E-state index contributed by atoms with van der Waals surface area (Å²) in [5.41, 5.74) is -1.37. The zero-order chi connectivity index (χ0) is 21.9. The molecule has 0 spiro atoms. The molecule has 0 bridgehead atoms. The van der Waals surface area contributed by atoms with Crippen molar-refractivity contribution in [2.75, 3.05) is 13.1 Å². The first-order valence-electron chi connectivity index (χ1n) is 9.27. The van der Waals surface area contributed by atoms with Crippen LogP contribution in [0.2, 0.25) is 0 Å². The van der Waals surface area contributed by atoms with Gasteiger partial charge in [0.2, 0.25) is 15.9 Å². The zero-order valence-corrected chi connectivity index (χ0v) is 16.6. The molecule has 2 aromatic carbocycles. The predicted octanol–water partition coefficient (Wildman–Crippen LogP) is 3.56. The van der Waals surface area contributed by atoms with Gasteiger partial charge < -0.3 is 5.32 Å².